The fraction of sp³-hybridized carbons (Fsp3) is 0.462. The molecule has 0 unspecified atom stereocenters. The Labute approximate surface area is 100 Å². The molecule has 0 atom stereocenters. The van der Waals surface area contributed by atoms with Crippen molar-refractivity contribution in [3.05, 3.63) is 28.5 Å². The molecule has 0 aliphatic heterocycles. The summed E-state index contributed by atoms with van der Waals surface area (Å²) in [6, 6.07) is 7.01. The molecule has 1 fully saturated rings. The van der Waals surface area contributed by atoms with E-state index in [0.717, 1.165) is 10.7 Å². The number of imidazole rings is 1. The first-order valence-electron chi connectivity index (χ1n) is 5.86. The number of aromatic amines is 1. The first kappa shape index (κ1) is 10.1. The highest BCUT2D eigenvalue weighted by Gasteiger charge is 2.28. The van der Waals surface area contributed by atoms with Gasteiger partial charge in [0.1, 0.15) is 0 Å². The molecule has 16 heavy (non-hydrogen) atoms. The lowest BCUT2D eigenvalue weighted by Gasteiger charge is -2.34. The van der Waals surface area contributed by atoms with Crippen molar-refractivity contribution >= 4 is 23.3 Å². The molecule has 1 aliphatic carbocycles. The van der Waals surface area contributed by atoms with Gasteiger partial charge in [0.15, 0.2) is 4.77 Å². The summed E-state index contributed by atoms with van der Waals surface area (Å²) in [5.74, 6) is 0.849. The average Bonchev–Trinajstić information content (AvgIpc) is 2.52. The highest BCUT2D eigenvalue weighted by molar-refractivity contribution is 7.71. The Kier molecular flexibility index (Phi) is 2.18. The molecule has 1 aromatic heterocycles. The second-order valence-corrected chi connectivity index (χ2v) is 5.39. The van der Waals surface area contributed by atoms with Gasteiger partial charge in [-0.05, 0) is 49.5 Å². The number of H-pyrrole nitrogens is 1. The summed E-state index contributed by atoms with van der Waals surface area (Å²) in [6.07, 6.45) is 2.52. The number of aryl methyl sites for hydroxylation is 1. The molecule has 84 valence electrons. The van der Waals surface area contributed by atoms with Crippen LogP contribution in [0.1, 0.15) is 31.4 Å². The topological polar surface area (TPSA) is 20.7 Å². The number of para-hydroxylation sites is 1. The van der Waals surface area contributed by atoms with Gasteiger partial charge in [-0.25, -0.2) is 0 Å². The van der Waals surface area contributed by atoms with Crippen LogP contribution in [0.25, 0.3) is 11.0 Å². The normalized spacial score (nSPS) is 24.6. The van der Waals surface area contributed by atoms with E-state index in [4.69, 9.17) is 12.2 Å². The summed E-state index contributed by atoms with van der Waals surface area (Å²) in [5.41, 5.74) is 3.74. The second kappa shape index (κ2) is 3.45. The maximum Gasteiger partial charge on any atom is 0.178 e. The average molecular weight is 232 g/mol. The predicted octanol–water partition coefficient (Wildman–Crippen LogP) is 3.98. The van der Waals surface area contributed by atoms with Crippen LogP contribution in [0.2, 0.25) is 0 Å². The number of hydrogen-bond donors (Lipinski definition) is 1. The van der Waals surface area contributed by atoms with Crippen molar-refractivity contribution in [2.24, 2.45) is 5.92 Å². The highest BCUT2D eigenvalue weighted by Crippen LogP contribution is 2.39. The fourth-order valence-corrected chi connectivity index (χ4v) is 3.07. The van der Waals surface area contributed by atoms with Gasteiger partial charge in [0.25, 0.3) is 0 Å². The lowest BCUT2D eigenvalue weighted by molar-refractivity contribution is 0.219. The molecule has 1 saturated carbocycles. The number of hydrogen-bond acceptors (Lipinski definition) is 1. The van der Waals surface area contributed by atoms with E-state index in [0.29, 0.717) is 6.04 Å². The van der Waals surface area contributed by atoms with Gasteiger partial charge < -0.3 is 9.55 Å². The summed E-state index contributed by atoms with van der Waals surface area (Å²) < 4.78 is 3.18. The Morgan fingerprint density at radius 2 is 2.12 bits per heavy atom. The molecule has 2 nitrogen and oxygen atoms in total. The third kappa shape index (κ3) is 1.34. The Morgan fingerprint density at radius 1 is 1.38 bits per heavy atom. The summed E-state index contributed by atoms with van der Waals surface area (Å²) in [7, 11) is 0. The van der Waals surface area contributed by atoms with Gasteiger partial charge in [0, 0.05) is 6.04 Å². The van der Waals surface area contributed by atoms with Gasteiger partial charge in [-0.3, -0.25) is 0 Å². The van der Waals surface area contributed by atoms with Gasteiger partial charge >= 0.3 is 0 Å². The quantitative estimate of drug-likeness (QED) is 0.738. The van der Waals surface area contributed by atoms with Gasteiger partial charge in [0.2, 0.25) is 0 Å². The fourth-order valence-electron chi connectivity index (χ4n) is 2.73. The molecule has 0 spiro atoms. The first-order valence-corrected chi connectivity index (χ1v) is 6.27. The molecule has 3 heteroatoms. The van der Waals surface area contributed by atoms with Crippen LogP contribution in [0.3, 0.4) is 0 Å². The van der Waals surface area contributed by atoms with Crippen molar-refractivity contribution in [3.8, 4) is 0 Å². The molecule has 0 saturated heterocycles. The Balaban J connectivity index is 2.21. The third-order valence-corrected chi connectivity index (χ3v) is 3.97. The minimum atomic E-state index is 0.609. The monoisotopic (exact) mass is 232 g/mol. The van der Waals surface area contributed by atoms with Crippen molar-refractivity contribution < 1.29 is 0 Å². The highest BCUT2D eigenvalue weighted by atomic mass is 32.1. The number of nitrogens with zero attached hydrogens (tertiary/aromatic N) is 1. The molecule has 1 aromatic carbocycles. The van der Waals surface area contributed by atoms with E-state index >= 15 is 0 Å². The third-order valence-electron chi connectivity index (χ3n) is 3.68. The molecule has 3 rings (SSSR count). The van der Waals surface area contributed by atoms with Crippen molar-refractivity contribution in [3.63, 3.8) is 0 Å². The molecular formula is C13H16N2S. The smallest absolute Gasteiger partial charge is 0.178 e. The maximum absolute atomic E-state index is 5.44. The van der Waals surface area contributed by atoms with Gasteiger partial charge in [-0.2, -0.15) is 0 Å². The van der Waals surface area contributed by atoms with Gasteiger partial charge in [-0.1, -0.05) is 19.1 Å². The maximum atomic E-state index is 5.44. The van der Waals surface area contributed by atoms with E-state index in [1.54, 1.807) is 0 Å². The lowest BCUT2D eigenvalue weighted by Crippen LogP contribution is -2.24. The molecule has 1 N–H and O–H groups in total. The van der Waals surface area contributed by atoms with Crippen LogP contribution in [0.15, 0.2) is 18.2 Å². The molecule has 2 aromatic rings. The summed E-state index contributed by atoms with van der Waals surface area (Å²) in [5, 5.41) is 0. The molecule has 0 amide bonds. The van der Waals surface area contributed by atoms with Crippen LogP contribution in [-0.4, -0.2) is 9.55 Å². The lowest BCUT2D eigenvalue weighted by atomic mass is 9.81. The Hall–Kier alpha value is -1.09. The van der Waals surface area contributed by atoms with Crippen molar-refractivity contribution in [2.45, 2.75) is 32.7 Å². The SMILES string of the molecule is Cc1cccc2c1[nH]c(=S)n2C1CC(C)C1. The predicted molar refractivity (Wildman–Crippen MR) is 69.3 cm³/mol. The zero-order chi connectivity index (χ0) is 11.3. The van der Waals surface area contributed by atoms with Gasteiger partial charge in [-0.15, -0.1) is 0 Å². The zero-order valence-electron chi connectivity index (χ0n) is 9.66. The van der Waals surface area contributed by atoms with E-state index in [9.17, 15) is 0 Å². The number of aromatic nitrogens is 2. The summed E-state index contributed by atoms with van der Waals surface area (Å²) in [6.45, 7) is 4.43. The van der Waals surface area contributed by atoms with Crippen molar-refractivity contribution in [2.75, 3.05) is 0 Å². The zero-order valence-corrected chi connectivity index (χ0v) is 10.5. The molecule has 1 aliphatic rings. The van der Waals surface area contributed by atoms with Crippen molar-refractivity contribution in [1.82, 2.24) is 9.55 Å². The first-order chi connectivity index (χ1) is 7.66. The van der Waals surface area contributed by atoms with Crippen LogP contribution >= 0.6 is 12.2 Å². The summed E-state index contributed by atoms with van der Waals surface area (Å²) in [4.78, 5) is 3.34. The van der Waals surface area contributed by atoms with Crippen LogP contribution in [-0.2, 0) is 0 Å². The van der Waals surface area contributed by atoms with E-state index in [1.165, 1.54) is 29.4 Å². The summed E-state index contributed by atoms with van der Waals surface area (Å²) >= 11 is 5.44. The standard InChI is InChI=1S/C13H16N2S/c1-8-6-10(7-8)15-11-5-3-4-9(2)12(11)14-13(15)16/h3-5,8,10H,6-7H2,1-2H3,(H,14,16). The Bertz CT molecular complexity index is 587. The van der Waals surface area contributed by atoms with Crippen LogP contribution in [0, 0.1) is 17.6 Å². The number of nitrogens with one attached hydrogen (secondary N) is 1. The van der Waals surface area contributed by atoms with E-state index in [1.807, 2.05) is 0 Å². The largest absolute Gasteiger partial charge is 0.330 e. The molecule has 0 bridgehead atoms. The van der Waals surface area contributed by atoms with Crippen LogP contribution in [0.5, 0.6) is 0 Å². The molecule has 0 radical (unpaired) electrons. The van der Waals surface area contributed by atoms with E-state index < -0.39 is 0 Å². The Morgan fingerprint density at radius 3 is 2.81 bits per heavy atom. The molecular weight excluding hydrogens is 216 g/mol. The van der Waals surface area contributed by atoms with Crippen LogP contribution < -0.4 is 0 Å². The number of benzene rings is 1. The minimum Gasteiger partial charge on any atom is -0.330 e. The van der Waals surface area contributed by atoms with E-state index in [-0.39, 0.29) is 0 Å². The number of fused-ring (bicyclic) bond motifs is 1. The van der Waals surface area contributed by atoms with Crippen LogP contribution in [0.4, 0.5) is 0 Å². The van der Waals surface area contributed by atoms with E-state index in [2.05, 4.69) is 41.6 Å². The number of rotatable bonds is 1. The molecule has 1 heterocycles. The minimum absolute atomic E-state index is 0.609. The van der Waals surface area contributed by atoms with Crippen molar-refractivity contribution in [1.29, 1.82) is 0 Å². The second-order valence-electron chi connectivity index (χ2n) is 5.00. The van der Waals surface area contributed by atoms with Gasteiger partial charge in [0.05, 0.1) is 11.0 Å².